The first-order valence-corrected chi connectivity index (χ1v) is 5.78. The molecule has 17 heavy (non-hydrogen) atoms. The summed E-state index contributed by atoms with van der Waals surface area (Å²) in [5.41, 5.74) is 1.36. The number of urea groups is 1. The third-order valence-electron chi connectivity index (χ3n) is 2.93. The summed E-state index contributed by atoms with van der Waals surface area (Å²) >= 11 is 0. The summed E-state index contributed by atoms with van der Waals surface area (Å²) in [5.74, 6) is 0.655. The van der Waals surface area contributed by atoms with Gasteiger partial charge in [0.1, 0.15) is 0 Å². The lowest BCUT2D eigenvalue weighted by molar-refractivity contribution is 0.251. The molecule has 0 saturated heterocycles. The zero-order valence-corrected chi connectivity index (χ0v) is 10.1. The zero-order chi connectivity index (χ0) is 12.4. The van der Waals surface area contributed by atoms with Gasteiger partial charge in [0.25, 0.3) is 5.56 Å². The molecule has 0 spiro atoms. The number of nitrogens with one attached hydrogen (secondary N) is 2. The van der Waals surface area contributed by atoms with E-state index in [-0.39, 0.29) is 11.6 Å². The number of aryl methyl sites for hydroxylation is 2. The molecule has 0 aromatic carbocycles. The molecule has 92 valence electrons. The van der Waals surface area contributed by atoms with Crippen LogP contribution in [-0.2, 0) is 7.05 Å². The van der Waals surface area contributed by atoms with E-state index in [1.807, 2.05) is 0 Å². The van der Waals surface area contributed by atoms with Crippen LogP contribution in [0.4, 0.5) is 10.5 Å². The van der Waals surface area contributed by atoms with E-state index in [9.17, 15) is 9.59 Å². The SMILES string of the molecule is Cc1cc(=O)n(C)cc1NC(=O)NCC1CC1. The lowest BCUT2D eigenvalue weighted by atomic mass is 10.2. The van der Waals surface area contributed by atoms with Crippen LogP contribution in [0.15, 0.2) is 17.1 Å². The van der Waals surface area contributed by atoms with Gasteiger partial charge in [-0.2, -0.15) is 0 Å². The molecule has 0 unspecified atom stereocenters. The van der Waals surface area contributed by atoms with Gasteiger partial charge in [0.2, 0.25) is 0 Å². The van der Waals surface area contributed by atoms with Gasteiger partial charge < -0.3 is 15.2 Å². The minimum Gasteiger partial charge on any atom is -0.338 e. The van der Waals surface area contributed by atoms with Crippen LogP contribution >= 0.6 is 0 Å². The van der Waals surface area contributed by atoms with Crippen LogP contribution in [0.2, 0.25) is 0 Å². The van der Waals surface area contributed by atoms with E-state index in [1.54, 1.807) is 20.2 Å². The second-order valence-corrected chi connectivity index (χ2v) is 4.60. The minimum atomic E-state index is -0.210. The van der Waals surface area contributed by atoms with Crippen LogP contribution in [0.5, 0.6) is 0 Å². The first kappa shape index (κ1) is 11.7. The Morgan fingerprint density at radius 1 is 1.53 bits per heavy atom. The third kappa shape index (κ3) is 3.09. The second-order valence-electron chi connectivity index (χ2n) is 4.60. The number of pyridine rings is 1. The van der Waals surface area contributed by atoms with Crippen molar-refractivity contribution in [1.29, 1.82) is 0 Å². The van der Waals surface area contributed by atoms with Gasteiger partial charge in [0.15, 0.2) is 0 Å². The molecule has 5 heteroatoms. The fraction of sp³-hybridized carbons (Fsp3) is 0.500. The number of anilines is 1. The van der Waals surface area contributed by atoms with Gasteiger partial charge in [-0.15, -0.1) is 0 Å². The van der Waals surface area contributed by atoms with Crippen LogP contribution in [0.3, 0.4) is 0 Å². The maximum absolute atomic E-state index is 11.6. The quantitative estimate of drug-likeness (QED) is 0.827. The molecule has 2 N–H and O–H groups in total. The van der Waals surface area contributed by atoms with E-state index in [4.69, 9.17) is 0 Å². The van der Waals surface area contributed by atoms with Gasteiger partial charge in [-0.05, 0) is 31.2 Å². The lowest BCUT2D eigenvalue weighted by Crippen LogP contribution is -2.31. The molecule has 2 amide bonds. The monoisotopic (exact) mass is 235 g/mol. The summed E-state index contributed by atoms with van der Waals surface area (Å²) in [7, 11) is 1.66. The summed E-state index contributed by atoms with van der Waals surface area (Å²) in [4.78, 5) is 22.9. The van der Waals surface area contributed by atoms with E-state index in [2.05, 4.69) is 10.6 Å². The smallest absolute Gasteiger partial charge is 0.319 e. The molecule has 1 fully saturated rings. The number of aromatic nitrogens is 1. The van der Waals surface area contributed by atoms with Crippen molar-refractivity contribution < 1.29 is 4.79 Å². The Morgan fingerprint density at radius 3 is 2.88 bits per heavy atom. The predicted octanol–water partition coefficient (Wildman–Crippen LogP) is 1.23. The van der Waals surface area contributed by atoms with Gasteiger partial charge in [-0.25, -0.2) is 4.79 Å². The van der Waals surface area contributed by atoms with E-state index < -0.39 is 0 Å². The molecule has 2 rings (SSSR count). The second kappa shape index (κ2) is 4.61. The third-order valence-corrected chi connectivity index (χ3v) is 2.93. The summed E-state index contributed by atoms with van der Waals surface area (Å²) in [6.45, 7) is 2.54. The average molecular weight is 235 g/mol. The van der Waals surface area contributed by atoms with Crippen molar-refractivity contribution in [1.82, 2.24) is 9.88 Å². The minimum absolute atomic E-state index is 0.0774. The highest BCUT2D eigenvalue weighted by Gasteiger charge is 2.21. The van der Waals surface area contributed by atoms with Gasteiger partial charge in [-0.3, -0.25) is 4.79 Å². The standard InChI is InChI=1S/C12H17N3O2/c1-8-5-11(16)15(2)7-10(8)14-12(17)13-6-9-3-4-9/h5,7,9H,3-4,6H2,1-2H3,(H2,13,14,17). The van der Waals surface area contributed by atoms with Crippen molar-refractivity contribution in [2.75, 3.05) is 11.9 Å². The molecule has 1 aliphatic carbocycles. The van der Waals surface area contributed by atoms with E-state index in [1.165, 1.54) is 23.5 Å². The number of hydrogen-bond donors (Lipinski definition) is 2. The van der Waals surface area contributed by atoms with Crippen molar-refractivity contribution in [3.8, 4) is 0 Å². The molecule has 0 radical (unpaired) electrons. The van der Waals surface area contributed by atoms with Gasteiger partial charge in [-0.1, -0.05) is 0 Å². The normalized spacial score (nSPS) is 14.5. The average Bonchev–Trinajstić information content (AvgIpc) is 3.07. The number of hydrogen-bond acceptors (Lipinski definition) is 2. The first-order valence-electron chi connectivity index (χ1n) is 5.78. The van der Waals surface area contributed by atoms with Crippen LogP contribution in [0.1, 0.15) is 18.4 Å². The first-order chi connectivity index (χ1) is 8.06. The van der Waals surface area contributed by atoms with Crippen LogP contribution in [-0.4, -0.2) is 17.1 Å². The van der Waals surface area contributed by atoms with Crippen LogP contribution in [0, 0.1) is 12.8 Å². The number of rotatable bonds is 3. The molecule has 0 atom stereocenters. The van der Waals surface area contributed by atoms with E-state index >= 15 is 0 Å². The summed E-state index contributed by atoms with van der Waals surface area (Å²) in [5, 5.41) is 5.57. The highest BCUT2D eigenvalue weighted by molar-refractivity contribution is 5.89. The van der Waals surface area contributed by atoms with Gasteiger partial charge >= 0.3 is 6.03 Å². The van der Waals surface area contributed by atoms with Crippen LogP contribution < -0.4 is 16.2 Å². The molecule has 1 aliphatic rings. The highest BCUT2D eigenvalue weighted by Crippen LogP contribution is 2.27. The van der Waals surface area contributed by atoms with Crippen molar-refractivity contribution in [2.24, 2.45) is 13.0 Å². The topological polar surface area (TPSA) is 63.1 Å². The fourth-order valence-corrected chi connectivity index (χ4v) is 1.58. The van der Waals surface area contributed by atoms with E-state index in [0.29, 0.717) is 11.6 Å². The number of nitrogens with zero attached hydrogens (tertiary/aromatic N) is 1. The Bertz CT molecular complexity index is 489. The number of carbonyl (C=O) groups excluding carboxylic acids is 1. The Labute approximate surface area is 99.8 Å². The summed E-state index contributed by atoms with van der Waals surface area (Å²) < 4.78 is 1.45. The summed E-state index contributed by atoms with van der Waals surface area (Å²) in [6, 6.07) is 1.30. The van der Waals surface area contributed by atoms with Crippen molar-refractivity contribution in [2.45, 2.75) is 19.8 Å². The van der Waals surface area contributed by atoms with Crippen molar-refractivity contribution >= 4 is 11.7 Å². The van der Waals surface area contributed by atoms with Gasteiger partial charge in [0.05, 0.1) is 5.69 Å². The number of carbonyl (C=O) groups is 1. The largest absolute Gasteiger partial charge is 0.338 e. The molecule has 0 bridgehead atoms. The fourth-order valence-electron chi connectivity index (χ4n) is 1.58. The van der Waals surface area contributed by atoms with Crippen molar-refractivity contribution in [3.05, 3.63) is 28.2 Å². The molecular weight excluding hydrogens is 218 g/mol. The zero-order valence-electron chi connectivity index (χ0n) is 10.1. The maximum atomic E-state index is 11.6. The highest BCUT2D eigenvalue weighted by atomic mass is 16.2. The Morgan fingerprint density at radius 2 is 2.24 bits per heavy atom. The number of amides is 2. The molecule has 1 aromatic heterocycles. The maximum Gasteiger partial charge on any atom is 0.319 e. The molecule has 1 heterocycles. The van der Waals surface area contributed by atoms with Crippen LogP contribution in [0.25, 0.3) is 0 Å². The Hall–Kier alpha value is -1.78. The molecule has 5 nitrogen and oxygen atoms in total. The predicted molar refractivity (Wildman–Crippen MR) is 66.2 cm³/mol. The molecule has 0 aliphatic heterocycles. The van der Waals surface area contributed by atoms with Crippen molar-refractivity contribution in [3.63, 3.8) is 0 Å². The molecule has 1 aromatic rings. The van der Waals surface area contributed by atoms with Gasteiger partial charge in [0, 0.05) is 25.9 Å². The molecular formula is C12H17N3O2. The Kier molecular flexibility index (Phi) is 3.17. The Balaban J connectivity index is 1.99. The lowest BCUT2D eigenvalue weighted by Gasteiger charge is -2.10. The summed E-state index contributed by atoms with van der Waals surface area (Å²) in [6.07, 6.45) is 4.05. The van der Waals surface area contributed by atoms with E-state index in [0.717, 1.165) is 12.1 Å². The molecule has 1 saturated carbocycles.